The number of aryl methyl sites for hydroxylation is 1. The number of fused-ring (bicyclic) bond motifs is 5. The Kier molecular flexibility index (Phi) is 11.3. The Morgan fingerprint density at radius 2 is 1.58 bits per heavy atom. The number of aromatic nitrogens is 1. The van der Waals surface area contributed by atoms with Gasteiger partial charge in [-0.1, -0.05) is 78.9 Å². The topological polar surface area (TPSA) is 158 Å². The maximum Gasteiger partial charge on any atom is 0.315 e. The largest absolute Gasteiger partial charge is 0.345 e. The molecule has 1 aliphatic heterocycles. The molecule has 0 saturated heterocycles. The van der Waals surface area contributed by atoms with Gasteiger partial charge in [-0.25, -0.2) is 4.79 Å². The molecule has 11 nitrogen and oxygen atoms in total. The third-order valence-corrected chi connectivity index (χ3v) is 8.03. The molecule has 5 rings (SSSR count). The maximum absolute atomic E-state index is 13.9. The van der Waals surface area contributed by atoms with Crippen LogP contribution in [-0.4, -0.2) is 52.6 Å². The van der Waals surface area contributed by atoms with E-state index in [0.29, 0.717) is 6.42 Å². The van der Waals surface area contributed by atoms with Gasteiger partial charge in [0.15, 0.2) is 0 Å². The van der Waals surface area contributed by atoms with Crippen LogP contribution in [0, 0.1) is 0 Å². The molecule has 0 fully saturated rings. The average molecular weight is 647 g/mol. The smallest absolute Gasteiger partial charge is 0.315 e. The first-order chi connectivity index (χ1) is 23.2. The van der Waals surface area contributed by atoms with Crippen LogP contribution < -0.4 is 26.6 Å². The summed E-state index contributed by atoms with van der Waals surface area (Å²) >= 11 is 0. The molecule has 0 spiro atoms. The lowest BCUT2D eigenvalue weighted by molar-refractivity contribution is -0.140. The van der Waals surface area contributed by atoms with E-state index in [1.807, 2.05) is 66.7 Å². The van der Waals surface area contributed by atoms with Crippen molar-refractivity contribution in [2.24, 2.45) is 0 Å². The van der Waals surface area contributed by atoms with Crippen molar-refractivity contribution in [2.75, 3.05) is 0 Å². The minimum absolute atomic E-state index is 0.0665. The van der Waals surface area contributed by atoms with Crippen molar-refractivity contribution in [1.29, 1.82) is 0 Å². The van der Waals surface area contributed by atoms with Crippen LogP contribution in [0.4, 0.5) is 4.79 Å². The third-order valence-electron chi connectivity index (χ3n) is 8.03. The molecule has 0 unspecified atom stereocenters. The lowest BCUT2D eigenvalue weighted by atomic mass is 9.98. The summed E-state index contributed by atoms with van der Waals surface area (Å²) in [7, 11) is 0. The average Bonchev–Trinajstić information content (AvgIpc) is 3.11. The molecule has 1 aliphatic rings. The molecule has 4 aromatic rings. The van der Waals surface area contributed by atoms with Crippen LogP contribution in [0.1, 0.15) is 35.6 Å². The highest BCUT2D eigenvalue weighted by Gasteiger charge is 2.31. The van der Waals surface area contributed by atoms with E-state index in [9.17, 15) is 24.0 Å². The lowest BCUT2D eigenvalue weighted by Crippen LogP contribution is -2.57. The minimum atomic E-state index is -1.20. The second kappa shape index (κ2) is 16.1. The van der Waals surface area contributed by atoms with Crippen molar-refractivity contribution < 1.29 is 24.0 Å². The SMILES string of the molecule is C[C@@H]1NC(=O)NCc2ccnc(c2)-c2cccc(c2)CC[C@@H](C(=O)N[C@@H](Cc2ccccc2)C(=O)C(=O)NCc2ccccc2)NC1=O. The fraction of sp³-hybridized carbons (Fsp3) is 0.243. The Morgan fingerprint density at radius 3 is 2.33 bits per heavy atom. The van der Waals surface area contributed by atoms with Crippen LogP contribution >= 0.6 is 0 Å². The zero-order valence-corrected chi connectivity index (χ0v) is 26.6. The highest BCUT2D eigenvalue weighted by molar-refractivity contribution is 6.38. The van der Waals surface area contributed by atoms with Crippen LogP contribution in [-0.2, 0) is 45.1 Å². The Morgan fingerprint density at radius 1 is 0.854 bits per heavy atom. The van der Waals surface area contributed by atoms with Crippen LogP contribution in [0.2, 0.25) is 0 Å². The summed E-state index contributed by atoms with van der Waals surface area (Å²) in [5, 5.41) is 13.5. The number of nitrogens with zero attached hydrogens (tertiary/aromatic N) is 1. The number of carbonyl (C=O) groups is 5. The van der Waals surface area contributed by atoms with Crippen LogP contribution in [0.3, 0.4) is 0 Å². The molecule has 0 aliphatic carbocycles. The molecule has 48 heavy (non-hydrogen) atoms. The van der Waals surface area contributed by atoms with Gasteiger partial charge in [-0.3, -0.25) is 24.2 Å². The lowest BCUT2D eigenvalue weighted by Gasteiger charge is -2.24. The van der Waals surface area contributed by atoms with E-state index >= 15 is 0 Å². The molecule has 5 amide bonds. The standard InChI is InChI=1S/C37H38N6O5/c1-24-34(45)42-30(16-15-26-13-8-14-29(19-26)31-21-28(17-18-38-31)23-40-37(48)41-24)35(46)43-32(20-25-9-4-2-5-10-25)33(44)36(47)39-22-27-11-6-3-7-12-27/h2-14,17-19,21,24,30,32H,15-16,20,22-23H2,1H3,(H,39,47)(H,42,45)(H,43,46)(H2,40,41,48)/t24-,30-,32-/m0/s1. The predicted molar refractivity (Wildman–Crippen MR) is 180 cm³/mol. The fourth-order valence-electron chi connectivity index (χ4n) is 5.36. The number of Topliss-reactive ketones (excluding diaryl/α,β-unsaturated/α-hetero) is 1. The first-order valence-electron chi connectivity index (χ1n) is 15.8. The molecular weight excluding hydrogens is 608 g/mol. The predicted octanol–water partition coefficient (Wildman–Crippen LogP) is 2.98. The third kappa shape index (κ3) is 9.35. The molecule has 246 valence electrons. The van der Waals surface area contributed by atoms with Crippen molar-refractivity contribution in [3.05, 3.63) is 126 Å². The van der Waals surface area contributed by atoms with Crippen LogP contribution in [0.25, 0.3) is 11.3 Å². The fourth-order valence-corrected chi connectivity index (χ4v) is 5.36. The minimum Gasteiger partial charge on any atom is -0.345 e. The van der Waals surface area contributed by atoms with Crippen LogP contribution in [0.5, 0.6) is 0 Å². The van der Waals surface area contributed by atoms with Gasteiger partial charge in [0, 0.05) is 31.3 Å². The van der Waals surface area contributed by atoms with Crippen molar-refractivity contribution in [1.82, 2.24) is 31.6 Å². The van der Waals surface area contributed by atoms with E-state index in [4.69, 9.17) is 0 Å². The van der Waals surface area contributed by atoms with E-state index in [1.54, 1.807) is 36.5 Å². The van der Waals surface area contributed by atoms with Gasteiger partial charge in [0.05, 0.1) is 5.69 Å². The summed E-state index contributed by atoms with van der Waals surface area (Å²) in [5.74, 6) is -2.85. The number of benzene rings is 3. The summed E-state index contributed by atoms with van der Waals surface area (Å²) in [6.45, 7) is 1.88. The molecule has 0 radical (unpaired) electrons. The number of pyridine rings is 1. The van der Waals surface area contributed by atoms with E-state index in [0.717, 1.165) is 33.5 Å². The summed E-state index contributed by atoms with van der Waals surface area (Å²) in [4.78, 5) is 70.8. The molecule has 3 aromatic carbocycles. The van der Waals surface area contributed by atoms with Crippen molar-refractivity contribution in [3.8, 4) is 11.3 Å². The number of rotatable bonds is 8. The van der Waals surface area contributed by atoms with Crippen molar-refractivity contribution in [3.63, 3.8) is 0 Å². The molecular formula is C37H38N6O5. The van der Waals surface area contributed by atoms with E-state index in [-0.39, 0.29) is 25.9 Å². The zero-order chi connectivity index (χ0) is 33.9. The van der Waals surface area contributed by atoms with Gasteiger partial charge >= 0.3 is 6.03 Å². The normalized spacial score (nSPS) is 17.1. The highest BCUT2D eigenvalue weighted by Crippen LogP contribution is 2.21. The number of ketones is 1. The second-order valence-electron chi connectivity index (χ2n) is 11.7. The Balaban J connectivity index is 1.38. The van der Waals surface area contributed by atoms with Gasteiger partial charge in [-0.15, -0.1) is 0 Å². The molecule has 5 N–H and O–H groups in total. The maximum atomic E-state index is 13.9. The monoisotopic (exact) mass is 646 g/mol. The molecule has 1 aromatic heterocycles. The summed E-state index contributed by atoms with van der Waals surface area (Å²) in [5.41, 5.74) is 4.91. The summed E-state index contributed by atoms with van der Waals surface area (Å²) in [6, 6.07) is 25.8. The van der Waals surface area contributed by atoms with Gasteiger partial charge in [0.1, 0.15) is 18.1 Å². The first-order valence-corrected chi connectivity index (χ1v) is 15.8. The Labute approximate surface area is 278 Å². The summed E-state index contributed by atoms with van der Waals surface area (Å²) in [6.07, 6.45) is 2.32. The summed E-state index contributed by atoms with van der Waals surface area (Å²) < 4.78 is 0. The Bertz CT molecular complexity index is 1760. The molecule has 11 heteroatoms. The van der Waals surface area contributed by atoms with E-state index in [1.165, 1.54) is 6.92 Å². The van der Waals surface area contributed by atoms with Crippen molar-refractivity contribution >= 4 is 29.5 Å². The van der Waals surface area contributed by atoms with E-state index < -0.39 is 47.7 Å². The quantitative estimate of drug-likeness (QED) is 0.185. The first kappa shape index (κ1) is 33.5. The molecule has 0 saturated carbocycles. The number of amides is 5. The van der Waals surface area contributed by atoms with Gasteiger partial charge in [0.25, 0.3) is 5.91 Å². The Hall–Kier alpha value is -5.84. The zero-order valence-electron chi connectivity index (χ0n) is 26.6. The number of nitrogens with one attached hydrogen (secondary N) is 5. The molecule has 3 atom stereocenters. The van der Waals surface area contributed by atoms with Gasteiger partial charge in [-0.2, -0.15) is 0 Å². The molecule has 2 heterocycles. The number of hydrogen-bond acceptors (Lipinski definition) is 6. The van der Waals surface area contributed by atoms with E-state index in [2.05, 4.69) is 31.6 Å². The van der Waals surface area contributed by atoms with Crippen LogP contribution in [0.15, 0.2) is 103 Å². The number of hydrogen-bond donors (Lipinski definition) is 5. The molecule has 4 bridgehead atoms. The number of carbonyl (C=O) groups excluding carboxylic acids is 5. The number of urea groups is 1. The van der Waals surface area contributed by atoms with Gasteiger partial charge in [-0.05, 0) is 60.2 Å². The second-order valence-corrected chi connectivity index (χ2v) is 11.7. The van der Waals surface area contributed by atoms with Crippen molar-refractivity contribution in [2.45, 2.75) is 57.4 Å². The van der Waals surface area contributed by atoms with Gasteiger partial charge in [0.2, 0.25) is 17.6 Å². The van der Waals surface area contributed by atoms with Gasteiger partial charge < -0.3 is 26.6 Å². The highest BCUT2D eigenvalue weighted by atomic mass is 16.2.